The summed E-state index contributed by atoms with van der Waals surface area (Å²) in [7, 11) is 0. The highest BCUT2D eigenvalue weighted by Crippen LogP contribution is 2.44. The Kier molecular flexibility index (Phi) is 6.19. The number of thiocarbonyl (C=S) groups is 1. The molecule has 147 valence electrons. The molecule has 0 bridgehead atoms. The van der Waals surface area contributed by atoms with Crippen molar-refractivity contribution in [2.75, 3.05) is 0 Å². The van der Waals surface area contributed by atoms with Gasteiger partial charge in [0.1, 0.15) is 5.69 Å². The third kappa shape index (κ3) is 4.64. The van der Waals surface area contributed by atoms with Gasteiger partial charge in [0.15, 0.2) is 11.6 Å². The van der Waals surface area contributed by atoms with Crippen molar-refractivity contribution in [3.63, 3.8) is 0 Å². The fraction of sp³-hybridized carbons (Fsp3) is 0.360. The quantitative estimate of drug-likeness (QED) is 0.303. The lowest BCUT2D eigenvalue weighted by molar-refractivity contribution is 0.169. The van der Waals surface area contributed by atoms with Gasteiger partial charge in [-0.2, -0.15) is 4.99 Å². The maximum atomic E-state index is 13.9. The van der Waals surface area contributed by atoms with Crippen molar-refractivity contribution in [3.8, 4) is 11.8 Å². The highest BCUT2D eigenvalue weighted by molar-refractivity contribution is 7.78. The average Bonchev–Trinajstić information content (AvgIpc) is 2.69. The van der Waals surface area contributed by atoms with Crippen LogP contribution in [-0.2, 0) is 0 Å². The zero-order chi connectivity index (χ0) is 20.2. The summed E-state index contributed by atoms with van der Waals surface area (Å²) >= 11 is 4.40. The van der Waals surface area contributed by atoms with Gasteiger partial charge in [-0.25, -0.2) is 8.78 Å². The normalized spacial score (nSPS) is 17.7. The fourth-order valence-corrected chi connectivity index (χ4v) is 4.47. The van der Waals surface area contributed by atoms with E-state index in [1.807, 2.05) is 17.3 Å². The lowest BCUT2D eigenvalue weighted by Crippen LogP contribution is -2.26. The standard InChI is InChI=1S/C25H22F2NS/c26-23-14-18(15-24(27)25(23)28-16-29)5-4-17-6-8-20(9-7-17)22-12-10-21(11-13-22)19-2-1-3-19/h6-9,14-15,19,21H,1-3,10-13H2. The van der Waals surface area contributed by atoms with E-state index in [0.717, 1.165) is 29.5 Å². The van der Waals surface area contributed by atoms with Crippen LogP contribution in [0, 0.1) is 41.2 Å². The number of isothiocyanates is 1. The van der Waals surface area contributed by atoms with Crippen LogP contribution in [0.5, 0.6) is 0 Å². The summed E-state index contributed by atoms with van der Waals surface area (Å²) in [5, 5.41) is 1.98. The van der Waals surface area contributed by atoms with E-state index < -0.39 is 17.3 Å². The molecule has 0 amide bonds. The highest BCUT2D eigenvalue weighted by Gasteiger charge is 2.31. The Bertz CT molecular complexity index is 961. The van der Waals surface area contributed by atoms with Crippen molar-refractivity contribution >= 4 is 23.1 Å². The van der Waals surface area contributed by atoms with E-state index in [1.165, 1.54) is 50.5 Å². The summed E-state index contributed by atoms with van der Waals surface area (Å²) in [6.45, 7) is 0. The minimum atomic E-state index is -0.795. The maximum absolute atomic E-state index is 13.9. The minimum Gasteiger partial charge on any atom is -0.204 e. The smallest absolute Gasteiger partial charge is 0.153 e. The summed E-state index contributed by atoms with van der Waals surface area (Å²) in [5.41, 5.74) is 1.94. The molecule has 0 N–H and O–H groups in total. The Hall–Kier alpha value is -2.34. The maximum Gasteiger partial charge on any atom is 0.153 e. The lowest BCUT2D eigenvalue weighted by Gasteiger charge is -2.38. The van der Waals surface area contributed by atoms with Gasteiger partial charge in [0, 0.05) is 17.0 Å². The number of rotatable bonds is 3. The van der Waals surface area contributed by atoms with Crippen molar-refractivity contribution in [2.24, 2.45) is 16.8 Å². The molecule has 2 fully saturated rings. The highest BCUT2D eigenvalue weighted by atomic mass is 32.1. The Morgan fingerprint density at radius 3 is 1.97 bits per heavy atom. The molecule has 4 heteroatoms. The van der Waals surface area contributed by atoms with Crippen molar-refractivity contribution < 1.29 is 8.78 Å². The zero-order valence-corrected chi connectivity index (χ0v) is 17.0. The van der Waals surface area contributed by atoms with Crippen LogP contribution in [0.1, 0.15) is 61.6 Å². The summed E-state index contributed by atoms with van der Waals surface area (Å²) in [5.74, 6) is 7.66. The predicted molar refractivity (Wildman–Crippen MR) is 115 cm³/mol. The van der Waals surface area contributed by atoms with Gasteiger partial charge in [0.2, 0.25) is 0 Å². The van der Waals surface area contributed by atoms with Crippen molar-refractivity contribution in [2.45, 2.75) is 44.9 Å². The Labute approximate surface area is 176 Å². The molecule has 29 heavy (non-hydrogen) atoms. The van der Waals surface area contributed by atoms with Gasteiger partial charge in [-0.3, -0.25) is 0 Å². The van der Waals surface area contributed by atoms with E-state index in [1.54, 1.807) is 5.92 Å². The van der Waals surface area contributed by atoms with Crippen LogP contribution in [0.2, 0.25) is 0 Å². The van der Waals surface area contributed by atoms with Crippen LogP contribution in [0.3, 0.4) is 0 Å². The van der Waals surface area contributed by atoms with E-state index in [4.69, 9.17) is 0 Å². The summed E-state index contributed by atoms with van der Waals surface area (Å²) in [6, 6.07) is 10.5. The molecular weight excluding hydrogens is 384 g/mol. The Morgan fingerprint density at radius 2 is 1.41 bits per heavy atom. The molecule has 1 nitrogen and oxygen atoms in total. The van der Waals surface area contributed by atoms with Gasteiger partial charge in [0.25, 0.3) is 0 Å². The van der Waals surface area contributed by atoms with E-state index >= 15 is 0 Å². The Morgan fingerprint density at radius 1 is 0.828 bits per heavy atom. The van der Waals surface area contributed by atoms with Gasteiger partial charge in [-0.05, 0) is 79.6 Å². The molecule has 2 aliphatic rings. The van der Waals surface area contributed by atoms with Gasteiger partial charge in [-0.15, -0.1) is 0 Å². The molecule has 1 radical (unpaired) electrons. The van der Waals surface area contributed by atoms with Gasteiger partial charge < -0.3 is 0 Å². The lowest BCUT2D eigenvalue weighted by atomic mass is 9.67. The first-order valence-corrected chi connectivity index (χ1v) is 10.6. The number of nitrogens with zero attached hydrogens (tertiary/aromatic N) is 1. The van der Waals surface area contributed by atoms with Crippen molar-refractivity contribution in [1.29, 1.82) is 0 Å². The van der Waals surface area contributed by atoms with Crippen molar-refractivity contribution in [3.05, 3.63) is 70.6 Å². The minimum absolute atomic E-state index is 0.260. The molecule has 0 aliphatic heterocycles. The third-order valence-electron chi connectivity index (χ3n) is 6.27. The van der Waals surface area contributed by atoms with Crippen LogP contribution >= 0.6 is 12.2 Å². The second-order valence-electron chi connectivity index (χ2n) is 7.95. The molecule has 0 aromatic heterocycles. The van der Waals surface area contributed by atoms with Crippen LogP contribution in [0.25, 0.3) is 0 Å². The second-order valence-corrected chi connectivity index (χ2v) is 8.13. The van der Waals surface area contributed by atoms with Gasteiger partial charge >= 0.3 is 0 Å². The van der Waals surface area contributed by atoms with E-state index in [-0.39, 0.29) is 5.56 Å². The van der Waals surface area contributed by atoms with Gasteiger partial charge in [0.05, 0.1) is 5.16 Å². The Balaban J connectivity index is 1.41. The first-order valence-electron chi connectivity index (χ1n) is 10.2. The number of benzene rings is 2. The number of aliphatic imine (C=N–C) groups is 1. The van der Waals surface area contributed by atoms with E-state index in [0.29, 0.717) is 0 Å². The number of halogens is 2. The predicted octanol–water partition coefficient (Wildman–Crippen LogP) is 7.01. The molecule has 2 aliphatic carbocycles. The molecule has 0 heterocycles. The first kappa shape index (κ1) is 20.0. The first-order chi connectivity index (χ1) is 14.1. The van der Waals surface area contributed by atoms with Crippen LogP contribution in [-0.4, -0.2) is 5.16 Å². The fourth-order valence-electron chi connectivity index (χ4n) is 4.38. The van der Waals surface area contributed by atoms with E-state index in [2.05, 4.69) is 41.2 Å². The summed E-state index contributed by atoms with van der Waals surface area (Å²) in [4.78, 5) is 3.41. The third-order valence-corrected chi connectivity index (χ3v) is 6.36. The largest absolute Gasteiger partial charge is 0.204 e. The molecule has 0 spiro atoms. The summed E-state index contributed by atoms with van der Waals surface area (Å²) in [6.07, 6.45) is 9.32. The molecule has 2 aromatic rings. The molecule has 0 atom stereocenters. The van der Waals surface area contributed by atoms with Crippen molar-refractivity contribution in [1.82, 2.24) is 0 Å². The van der Waals surface area contributed by atoms with Crippen LogP contribution in [0.4, 0.5) is 14.5 Å². The molecule has 0 unspecified atom stereocenters. The molecule has 0 saturated heterocycles. The molecule has 2 aromatic carbocycles. The zero-order valence-electron chi connectivity index (χ0n) is 16.2. The molecular formula is C25H22F2NS. The molecule has 4 rings (SSSR count). The van der Waals surface area contributed by atoms with Crippen LogP contribution in [0.15, 0.2) is 41.4 Å². The number of hydrogen-bond donors (Lipinski definition) is 0. The monoisotopic (exact) mass is 406 g/mol. The summed E-state index contributed by atoms with van der Waals surface area (Å²) < 4.78 is 27.8. The average molecular weight is 407 g/mol. The van der Waals surface area contributed by atoms with Gasteiger partial charge in [-0.1, -0.05) is 43.2 Å². The second kappa shape index (κ2) is 8.99. The number of hydrogen-bond acceptors (Lipinski definition) is 2. The van der Waals surface area contributed by atoms with E-state index in [9.17, 15) is 8.78 Å². The SMILES string of the molecule is Fc1cc(C#Cc2ccc([C]3CCC(C4CCC4)CC3)cc2)cc(F)c1N=C=S. The molecule has 2 saturated carbocycles. The topological polar surface area (TPSA) is 12.4 Å². The van der Waals surface area contributed by atoms with Crippen LogP contribution < -0.4 is 0 Å².